The van der Waals surface area contributed by atoms with Gasteiger partial charge in [0.05, 0.1) is 4.92 Å². The number of rotatable bonds is 6. The number of ether oxygens (including phenoxy) is 1. The maximum absolute atomic E-state index is 11.9. The van der Waals surface area contributed by atoms with Gasteiger partial charge in [-0.25, -0.2) is 0 Å². The Morgan fingerprint density at radius 2 is 1.84 bits per heavy atom. The van der Waals surface area contributed by atoms with Crippen molar-refractivity contribution >= 4 is 23.2 Å². The summed E-state index contributed by atoms with van der Waals surface area (Å²) < 4.78 is 5.34. The Hall–Kier alpha value is -3.42. The largest absolute Gasteiger partial charge is 0.484 e. The summed E-state index contributed by atoms with van der Waals surface area (Å²) in [7, 11) is 1.54. The fraction of sp³-hybridized carbons (Fsp3) is 0.176. The van der Waals surface area contributed by atoms with Crippen LogP contribution in [-0.2, 0) is 4.79 Å². The highest BCUT2D eigenvalue weighted by molar-refractivity contribution is 5.95. The average molecular weight is 343 g/mol. The van der Waals surface area contributed by atoms with Gasteiger partial charge in [0, 0.05) is 29.9 Å². The second kappa shape index (κ2) is 7.91. The summed E-state index contributed by atoms with van der Waals surface area (Å²) >= 11 is 0. The molecule has 0 aliphatic heterocycles. The molecule has 8 heteroatoms. The van der Waals surface area contributed by atoms with Crippen molar-refractivity contribution in [2.24, 2.45) is 0 Å². The van der Waals surface area contributed by atoms with Crippen LogP contribution in [0.4, 0.5) is 11.4 Å². The van der Waals surface area contributed by atoms with Crippen molar-refractivity contribution in [3.8, 4) is 5.75 Å². The van der Waals surface area contributed by atoms with Crippen molar-refractivity contribution in [1.82, 2.24) is 5.32 Å². The average Bonchev–Trinajstić information content (AvgIpc) is 2.59. The second-order valence-corrected chi connectivity index (χ2v) is 5.20. The Labute approximate surface area is 144 Å². The number of benzene rings is 2. The number of amides is 2. The molecule has 0 fully saturated rings. The van der Waals surface area contributed by atoms with E-state index in [9.17, 15) is 19.7 Å². The van der Waals surface area contributed by atoms with E-state index in [0.717, 1.165) is 0 Å². The van der Waals surface area contributed by atoms with Gasteiger partial charge in [-0.15, -0.1) is 0 Å². The van der Waals surface area contributed by atoms with Crippen molar-refractivity contribution < 1.29 is 19.2 Å². The molecule has 0 aromatic heterocycles. The maximum Gasteiger partial charge on any atom is 0.272 e. The third-order valence-electron chi connectivity index (χ3n) is 3.39. The van der Waals surface area contributed by atoms with Gasteiger partial charge in [0.15, 0.2) is 6.61 Å². The molecule has 0 saturated heterocycles. The van der Waals surface area contributed by atoms with Crippen molar-refractivity contribution in [1.29, 1.82) is 0 Å². The summed E-state index contributed by atoms with van der Waals surface area (Å²) in [6, 6.07) is 10.7. The first-order valence-electron chi connectivity index (χ1n) is 7.40. The Kier molecular flexibility index (Phi) is 5.67. The number of aryl methyl sites for hydroxylation is 1. The normalized spacial score (nSPS) is 10.0. The van der Waals surface area contributed by atoms with Gasteiger partial charge in [-0.3, -0.25) is 19.7 Å². The van der Waals surface area contributed by atoms with E-state index in [4.69, 9.17) is 4.74 Å². The van der Waals surface area contributed by atoms with E-state index in [1.165, 1.54) is 25.2 Å². The van der Waals surface area contributed by atoms with E-state index in [2.05, 4.69) is 10.6 Å². The minimum atomic E-state index is -0.478. The highest BCUT2D eigenvalue weighted by atomic mass is 16.6. The van der Waals surface area contributed by atoms with Crippen LogP contribution in [0.5, 0.6) is 5.75 Å². The highest BCUT2D eigenvalue weighted by Gasteiger charge is 2.11. The second-order valence-electron chi connectivity index (χ2n) is 5.20. The summed E-state index contributed by atoms with van der Waals surface area (Å²) in [5.41, 5.74) is 1.46. The molecule has 0 aliphatic carbocycles. The van der Waals surface area contributed by atoms with Gasteiger partial charge >= 0.3 is 0 Å². The van der Waals surface area contributed by atoms with Crippen LogP contribution in [-0.4, -0.2) is 30.4 Å². The van der Waals surface area contributed by atoms with Gasteiger partial charge < -0.3 is 15.4 Å². The monoisotopic (exact) mass is 343 g/mol. The summed E-state index contributed by atoms with van der Waals surface area (Å²) in [6.07, 6.45) is 0. The predicted octanol–water partition coefficient (Wildman–Crippen LogP) is 2.28. The number of carbonyl (C=O) groups excluding carboxylic acids is 2. The van der Waals surface area contributed by atoms with Crippen LogP contribution in [0.3, 0.4) is 0 Å². The zero-order chi connectivity index (χ0) is 18.4. The molecule has 0 heterocycles. The summed E-state index contributed by atoms with van der Waals surface area (Å²) in [4.78, 5) is 33.6. The fourth-order valence-electron chi connectivity index (χ4n) is 2.12. The lowest BCUT2D eigenvalue weighted by molar-refractivity contribution is -0.385. The lowest BCUT2D eigenvalue weighted by atomic mass is 10.2. The van der Waals surface area contributed by atoms with Crippen LogP contribution in [0.1, 0.15) is 15.9 Å². The lowest BCUT2D eigenvalue weighted by Crippen LogP contribution is -2.20. The Morgan fingerprint density at radius 1 is 1.16 bits per heavy atom. The molecule has 130 valence electrons. The number of nitro benzene ring substituents is 1. The molecule has 0 spiro atoms. The number of hydrogen-bond acceptors (Lipinski definition) is 5. The first kappa shape index (κ1) is 17.9. The van der Waals surface area contributed by atoms with Gasteiger partial charge in [0.25, 0.3) is 17.5 Å². The minimum absolute atomic E-state index is 0.00647. The topological polar surface area (TPSA) is 111 Å². The summed E-state index contributed by atoms with van der Waals surface area (Å²) in [6.45, 7) is 1.35. The van der Waals surface area contributed by atoms with Gasteiger partial charge in [-0.1, -0.05) is 0 Å². The van der Waals surface area contributed by atoms with Crippen LogP contribution in [0.25, 0.3) is 0 Å². The number of nitro groups is 1. The number of hydrogen-bond donors (Lipinski definition) is 2. The molecule has 2 rings (SSSR count). The number of carbonyl (C=O) groups is 2. The lowest BCUT2D eigenvalue weighted by Gasteiger charge is -2.09. The standard InChI is InChI=1S/C17H17N3O5/c1-11-9-14(7-8-15(11)20(23)24)25-10-16(21)19-13-5-3-12(4-6-13)17(22)18-2/h3-9H,10H2,1-2H3,(H,18,22)(H,19,21). The smallest absolute Gasteiger partial charge is 0.272 e. The third kappa shape index (κ3) is 4.77. The van der Waals surface area contributed by atoms with Crippen molar-refractivity contribution in [2.75, 3.05) is 19.0 Å². The SMILES string of the molecule is CNC(=O)c1ccc(NC(=O)COc2ccc([N+](=O)[O-])c(C)c2)cc1. The van der Waals surface area contributed by atoms with E-state index in [0.29, 0.717) is 22.6 Å². The van der Waals surface area contributed by atoms with Gasteiger partial charge in [0.1, 0.15) is 5.75 Å². The molecule has 2 N–H and O–H groups in total. The Balaban J connectivity index is 1.91. The molecule has 2 aromatic carbocycles. The molecule has 8 nitrogen and oxygen atoms in total. The maximum atomic E-state index is 11.9. The van der Waals surface area contributed by atoms with E-state index in [1.54, 1.807) is 31.2 Å². The van der Waals surface area contributed by atoms with E-state index in [1.807, 2.05) is 0 Å². The van der Waals surface area contributed by atoms with Crippen LogP contribution in [0, 0.1) is 17.0 Å². The van der Waals surface area contributed by atoms with Crippen LogP contribution in [0.2, 0.25) is 0 Å². The fourth-order valence-corrected chi connectivity index (χ4v) is 2.12. The van der Waals surface area contributed by atoms with Crippen molar-refractivity contribution in [2.45, 2.75) is 6.92 Å². The number of anilines is 1. The molecule has 0 unspecified atom stereocenters. The molecule has 2 aromatic rings. The van der Waals surface area contributed by atoms with Crippen LogP contribution >= 0.6 is 0 Å². The van der Waals surface area contributed by atoms with Crippen molar-refractivity contribution in [3.05, 3.63) is 63.7 Å². The van der Waals surface area contributed by atoms with E-state index < -0.39 is 4.92 Å². The molecule has 2 amide bonds. The predicted molar refractivity (Wildman–Crippen MR) is 91.8 cm³/mol. The minimum Gasteiger partial charge on any atom is -0.484 e. The zero-order valence-corrected chi connectivity index (χ0v) is 13.7. The van der Waals surface area contributed by atoms with Gasteiger partial charge in [0.2, 0.25) is 0 Å². The molecule has 0 atom stereocenters. The first-order valence-corrected chi connectivity index (χ1v) is 7.40. The third-order valence-corrected chi connectivity index (χ3v) is 3.39. The summed E-state index contributed by atoms with van der Waals surface area (Å²) in [5, 5.41) is 15.9. The quantitative estimate of drug-likeness (QED) is 0.617. The van der Waals surface area contributed by atoms with Crippen LogP contribution < -0.4 is 15.4 Å². The van der Waals surface area contributed by atoms with Gasteiger partial charge in [-0.05, 0) is 43.3 Å². The van der Waals surface area contributed by atoms with E-state index in [-0.39, 0.29) is 24.1 Å². The number of nitrogens with zero attached hydrogens (tertiary/aromatic N) is 1. The Bertz CT molecular complexity index is 802. The highest BCUT2D eigenvalue weighted by Crippen LogP contribution is 2.23. The molecular formula is C17H17N3O5. The number of nitrogens with one attached hydrogen (secondary N) is 2. The molecule has 25 heavy (non-hydrogen) atoms. The summed E-state index contributed by atoms with van der Waals surface area (Å²) in [5.74, 6) is -0.230. The molecule has 0 saturated carbocycles. The van der Waals surface area contributed by atoms with Crippen LogP contribution in [0.15, 0.2) is 42.5 Å². The first-order chi connectivity index (χ1) is 11.9. The zero-order valence-electron chi connectivity index (χ0n) is 13.7. The molecule has 0 aliphatic rings. The van der Waals surface area contributed by atoms with E-state index >= 15 is 0 Å². The van der Waals surface area contributed by atoms with Crippen molar-refractivity contribution in [3.63, 3.8) is 0 Å². The molecular weight excluding hydrogens is 326 g/mol. The van der Waals surface area contributed by atoms with Gasteiger partial charge in [-0.2, -0.15) is 0 Å². The Morgan fingerprint density at radius 3 is 2.40 bits per heavy atom. The molecule has 0 radical (unpaired) electrons. The molecule has 0 bridgehead atoms.